The summed E-state index contributed by atoms with van der Waals surface area (Å²) in [5, 5.41) is 0. The third-order valence-electron chi connectivity index (χ3n) is 0. The molecule has 0 unspecified atom stereocenters. The van der Waals surface area contributed by atoms with Crippen LogP contribution in [0.2, 0.25) is 0 Å². The SMILES string of the molecule is [Fe+3].[Fe+3].[Fe+3].[Fe+3].[Fe+3].[Fe+3].[Fe+3].[Fe+3].[Fe+3].[Fe+3].[Fe+3].[Fe+3].[Fe+3].[Fe+3].[Fe+3].[Fe+3].[Fe+3].[Fe+3].[Fe+3].[Fe+3].[Fe+3].[Fe+3].[Fe+3].[Fe+3].[Fe+3].[Fe+3].[Fe+3].[Fe+3].[Fe+3].[Fe+3].[Fe+3].[Fe+3].[Fe+3].[Fe+3].[Fe+3].[Fe+3].[Fe+3].[Fe+3].[Fe+3].[Fe+3].[Fe+3].[Fe+3].[Fe+3].[Fe+3].[Fe+3].[Fe+3].[Fe+3].[Fe+3].[Fe+3].[Fe+3].[Fe+3].[Fe+3].[Fe+3].[Fe+3].[Fe+3].[Fe+3].[Fe+3].[Fe+3].[Fe+3].[Fe+3].[Fe+3].[Fe+3].[Fe+3].[Fe+3].[Fe+3].[Fe+3].[Fe+3].[Fe+3].[Fe+3].[Fe+3].[Fe+3].[Fe+3].[Fe+3].[Fe+3].[Fe+3].[Fe+3].[Fe+3].[Fe+3].[Fe+3].[Fe+3].[Fe+3].[Fe+3].[Fe+3].[Fe+3].[O-2].[O-2].[O-2].[O-2].[O-2].[O-2].[O-2].[O-2].[O-2].[O-2].[O-2].[O-2].[O-2].[O-2].[O-2].[O-2].[O-2].[O-2].[O-2].[O-2].[O-2].[O-2].[O-2].[O-2].[O-2].[O-2].[O-2].[O-2].[O-2].[O-2].[O-2].[O-2].[O-2].[O-2].[O-2].[O-2].[O-2].[O-2].[O-2].[O-2].[O-2]. The molecule has 0 bridgehead atoms. The van der Waals surface area contributed by atoms with E-state index in [1.165, 1.54) is 0 Å². The maximum atomic E-state index is 0. The third-order valence-corrected chi connectivity index (χ3v) is 0. The average Bonchev–Trinajstić information content (AvgIpc) is 0. The molecule has 0 amide bonds. The van der Waals surface area contributed by atoms with Crippen molar-refractivity contribution in [2.75, 3.05) is 0 Å². The Morgan fingerprint density at radius 1 is 0.0160 bits per heavy atom. The van der Waals surface area contributed by atoms with Crippen LogP contribution in [-0.2, 0) is 1660 Å². The Bertz CT molecular complexity index is 114. The molecule has 0 N–H and O–H groups in total. The average molecular weight is 5350 g/mol. The molecule has 0 aromatic heterocycles. The van der Waals surface area contributed by atoms with Gasteiger partial charge in [0.25, 0.3) is 0 Å². The molecule has 0 aromatic carbocycles. The maximum absolute atomic E-state index is 0. The van der Waals surface area contributed by atoms with Gasteiger partial charge >= 0.3 is 1430 Å². The largest absolute Gasteiger partial charge is 3.00 e. The second-order valence-corrected chi connectivity index (χ2v) is 0. The molecule has 0 spiro atoms. The Balaban J connectivity index is 0. The van der Waals surface area contributed by atoms with Gasteiger partial charge in [0, 0.05) is 0 Å². The van der Waals surface area contributed by atoms with E-state index in [4.69, 9.17) is 0 Å². The van der Waals surface area contributed by atoms with E-state index < -0.39 is 0 Å². The molecule has 0 atom stereocenters. The molecule has 0 saturated heterocycles. The fourth-order valence-corrected chi connectivity index (χ4v) is 0. The molecule has 125 heavy (non-hydrogen) atoms. The number of rotatable bonds is 0. The predicted octanol–water partition coefficient (Wildman–Crippen LogP) is -5.08. The molecule has 84 radical (unpaired) electrons. The maximum Gasteiger partial charge on any atom is 3.00 e. The molecule has 0 rings (SSSR count). The van der Waals surface area contributed by atoms with Gasteiger partial charge in [-0.25, -0.2) is 0 Å². The number of hydrogen-bond acceptors (Lipinski definition) is 0. The molecule has 0 aliphatic rings. The van der Waals surface area contributed by atoms with Gasteiger partial charge in [-0.3, -0.25) is 0 Å². The molecule has 0 fully saturated rings. The zero-order valence-corrected chi connectivity index (χ0v) is 139. The van der Waals surface area contributed by atoms with Gasteiger partial charge in [0.15, 0.2) is 0 Å². The van der Waals surface area contributed by atoms with E-state index in [0.29, 0.717) is 0 Å². The van der Waals surface area contributed by atoms with E-state index in [1.807, 2.05) is 0 Å². The first-order chi connectivity index (χ1) is 0. The fraction of sp³-hybridized carbons (Fsp3) is 0. The Labute approximate surface area is 1620 Å². The minimum atomic E-state index is 0. The van der Waals surface area contributed by atoms with Crippen molar-refractivity contribution in [2.45, 2.75) is 0 Å². The summed E-state index contributed by atoms with van der Waals surface area (Å²) in [6.45, 7) is 0. The van der Waals surface area contributed by atoms with E-state index >= 15 is 0 Å². The van der Waals surface area contributed by atoms with Crippen LogP contribution in [0.1, 0.15) is 0 Å². The van der Waals surface area contributed by atoms with Gasteiger partial charge in [0.2, 0.25) is 0 Å². The summed E-state index contributed by atoms with van der Waals surface area (Å²) in [6.07, 6.45) is 0. The predicted molar refractivity (Wildman–Crippen MR) is 28.1 cm³/mol. The van der Waals surface area contributed by atoms with Gasteiger partial charge < -0.3 is 225 Å². The molecule has 41 nitrogen and oxygen atoms in total. The van der Waals surface area contributed by atoms with Crippen molar-refractivity contribution in [3.8, 4) is 0 Å². The molecule has 0 heterocycles. The standard InChI is InChI=1S/84Fe.41O/q84*+3;41*-2. The van der Waals surface area contributed by atoms with E-state index in [2.05, 4.69) is 0 Å². The third kappa shape index (κ3) is 2530. The van der Waals surface area contributed by atoms with Gasteiger partial charge in [-0.1, -0.05) is 0 Å². The molecular formula is Fe84O41+170. The van der Waals surface area contributed by atoms with Crippen molar-refractivity contribution < 1.29 is 1660 Å². The summed E-state index contributed by atoms with van der Waals surface area (Å²) >= 11 is 0. The van der Waals surface area contributed by atoms with Crippen LogP contribution in [0.3, 0.4) is 0 Å². The van der Waals surface area contributed by atoms with Gasteiger partial charge in [-0.05, 0) is 0 Å². The van der Waals surface area contributed by atoms with Crippen molar-refractivity contribution in [2.24, 2.45) is 0 Å². The van der Waals surface area contributed by atoms with E-state index in [1.54, 1.807) is 0 Å². The monoisotopic (exact) mass is 5350 g/mol. The molecule has 0 saturated carbocycles. The van der Waals surface area contributed by atoms with Crippen molar-refractivity contribution in [3.05, 3.63) is 0 Å². The minimum absolute atomic E-state index is 0. The molecule has 0 aliphatic heterocycles. The first kappa shape index (κ1) is 2610. The van der Waals surface area contributed by atoms with E-state index in [9.17, 15) is 0 Å². The first-order valence-electron chi connectivity index (χ1n) is 0. The van der Waals surface area contributed by atoms with Crippen LogP contribution >= 0.6 is 0 Å². The summed E-state index contributed by atoms with van der Waals surface area (Å²) < 4.78 is 0. The zero-order valence-electron chi connectivity index (χ0n) is 46.4. The van der Waals surface area contributed by atoms with E-state index in [-0.39, 0.29) is 1660 Å². The van der Waals surface area contributed by atoms with Crippen molar-refractivity contribution in [1.82, 2.24) is 0 Å². The second-order valence-electron chi connectivity index (χ2n) is 0. The minimum Gasteiger partial charge on any atom is -2.00 e. The van der Waals surface area contributed by atoms with Crippen LogP contribution in [0.5, 0.6) is 0 Å². The smallest absolute Gasteiger partial charge is 2.00 e. The fourth-order valence-electron chi connectivity index (χ4n) is 0. The quantitative estimate of drug-likeness (QED) is 0.206. The summed E-state index contributed by atoms with van der Waals surface area (Å²) in [5.74, 6) is 0. The van der Waals surface area contributed by atoms with E-state index in [0.717, 1.165) is 0 Å². The Hall–Kier alpha value is 42.0. The van der Waals surface area contributed by atoms with Crippen molar-refractivity contribution >= 4 is 0 Å². The van der Waals surface area contributed by atoms with Gasteiger partial charge in [0.05, 0.1) is 0 Å². The van der Waals surface area contributed by atoms with Crippen molar-refractivity contribution in [3.63, 3.8) is 0 Å². The van der Waals surface area contributed by atoms with Crippen LogP contribution in [-0.4, -0.2) is 0 Å². The van der Waals surface area contributed by atoms with Gasteiger partial charge in [-0.2, -0.15) is 0 Å². The molecular weight excluding hydrogens is 5350 g/mol. The molecule has 125 heteroatoms. The first-order valence-corrected chi connectivity index (χ1v) is 0. The van der Waals surface area contributed by atoms with Crippen LogP contribution in [0.15, 0.2) is 0 Å². The zero-order chi connectivity index (χ0) is 0. The van der Waals surface area contributed by atoms with Crippen molar-refractivity contribution in [1.29, 1.82) is 0 Å². The summed E-state index contributed by atoms with van der Waals surface area (Å²) in [5.41, 5.74) is 0. The van der Waals surface area contributed by atoms with Gasteiger partial charge in [0.1, 0.15) is 0 Å². The van der Waals surface area contributed by atoms with Crippen LogP contribution in [0.4, 0.5) is 0 Å². The van der Waals surface area contributed by atoms with Crippen LogP contribution < -0.4 is 0 Å². The summed E-state index contributed by atoms with van der Waals surface area (Å²) in [6, 6.07) is 0. The molecule has 0 aromatic rings. The van der Waals surface area contributed by atoms with Gasteiger partial charge in [-0.15, -0.1) is 0 Å². The summed E-state index contributed by atoms with van der Waals surface area (Å²) in [4.78, 5) is 0. The Morgan fingerprint density at radius 3 is 0.0160 bits per heavy atom. The Kier molecular flexibility index (Phi) is 53500. The normalized spacial score (nSPS) is 0. The second kappa shape index (κ2) is 2560. The topological polar surface area (TPSA) is 1170 Å². The van der Waals surface area contributed by atoms with Crippen LogP contribution in [0, 0.1) is 0 Å². The number of hydrogen-bond donors (Lipinski definition) is 0. The summed E-state index contributed by atoms with van der Waals surface area (Å²) in [7, 11) is 0. The molecule has 0 aliphatic carbocycles. The molecule has 748 valence electrons. The van der Waals surface area contributed by atoms with Crippen LogP contribution in [0.25, 0.3) is 0 Å². The Morgan fingerprint density at radius 2 is 0.0160 bits per heavy atom.